The number of fused-ring (bicyclic) bond motifs is 1. The molecule has 1 atom stereocenters. The molecule has 1 N–H and O–H groups in total. The molecule has 0 spiro atoms. The van der Waals surface area contributed by atoms with Gasteiger partial charge in [-0.2, -0.15) is 10.4 Å². The van der Waals surface area contributed by atoms with E-state index >= 15 is 0 Å². The van der Waals surface area contributed by atoms with E-state index in [1.54, 1.807) is 12.3 Å². The van der Waals surface area contributed by atoms with Crippen LogP contribution in [-0.4, -0.2) is 20.4 Å². The lowest BCUT2D eigenvalue weighted by Gasteiger charge is -2.17. The molecule has 234 valence electrons. The number of carbonyl (C=O) groups is 1. The Bertz CT molecular complexity index is 2150. The summed E-state index contributed by atoms with van der Waals surface area (Å²) in [5.41, 5.74) is 5.87. The molecule has 3 aromatic carbocycles. The number of nitriles is 1. The smallest absolute Gasteiger partial charge is 0.169 e. The second-order valence-electron chi connectivity index (χ2n) is 11.2. The van der Waals surface area contributed by atoms with Crippen molar-refractivity contribution < 1.29 is 18.0 Å². The number of halogens is 3. The summed E-state index contributed by atoms with van der Waals surface area (Å²) in [6.07, 6.45) is 4.70. The summed E-state index contributed by atoms with van der Waals surface area (Å²) in [6, 6.07) is 25.1. The Morgan fingerprint density at radius 1 is 0.936 bits per heavy atom. The highest BCUT2D eigenvalue weighted by Crippen LogP contribution is 2.40. The largest absolute Gasteiger partial charge is 0.340 e. The van der Waals surface area contributed by atoms with E-state index in [9.17, 15) is 23.2 Å². The van der Waals surface area contributed by atoms with Crippen LogP contribution in [0, 0.1) is 28.8 Å². The lowest BCUT2D eigenvalue weighted by Crippen LogP contribution is -2.11. The Balaban J connectivity index is 1.43. The monoisotopic (exact) mass is 629 g/mol. The second-order valence-corrected chi connectivity index (χ2v) is 11.2. The fourth-order valence-electron chi connectivity index (χ4n) is 6.01. The minimum Gasteiger partial charge on any atom is -0.340 e. The average molecular weight is 630 g/mol. The molecule has 0 radical (unpaired) electrons. The highest BCUT2D eigenvalue weighted by Gasteiger charge is 2.24. The summed E-state index contributed by atoms with van der Waals surface area (Å²) >= 11 is 0. The molecule has 6 nitrogen and oxygen atoms in total. The van der Waals surface area contributed by atoms with E-state index in [0.29, 0.717) is 30.0 Å². The minimum atomic E-state index is -0.865. The van der Waals surface area contributed by atoms with E-state index in [1.165, 1.54) is 18.2 Å². The summed E-state index contributed by atoms with van der Waals surface area (Å²) in [4.78, 5) is 17.7. The number of Topliss-reactive ketones (excluding diaryl/α,β-unsaturated/α-hetero) is 1. The van der Waals surface area contributed by atoms with E-state index in [0.717, 1.165) is 45.5 Å². The van der Waals surface area contributed by atoms with Crippen LogP contribution in [0.3, 0.4) is 0 Å². The Morgan fingerprint density at radius 3 is 2.47 bits per heavy atom. The van der Waals surface area contributed by atoms with Crippen LogP contribution in [-0.2, 0) is 6.42 Å². The van der Waals surface area contributed by atoms with Crippen LogP contribution in [0.4, 0.5) is 24.7 Å². The SMILES string of the molecule is CCc1c(-c2c(-c3cccc(C(CC)CC(=O)c4c(F)cccc4F)c3)nn3ccccc23)ccnc1Nc1ccc(F)c(C#N)c1. The van der Waals surface area contributed by atoms with Crippen LogP contribution in [0.25, 0.3) is 27.9 Å². The summed E-state index contributed by atoms with van der Waals surface area (Å²) in [6.45, 7) is 3.96. The number of hydrogen-bond acceptors (Lipinski definition) is 5. The number of anilines is 2. The fourth-order valence-corrected chi connectivity index (χ4v) is 6.01. The van der Waals surface area contributed by atoms with Crippen molar-refractivity contribution in [2.75, 3.05) is 5.32 Å². The van der Waals surface area contributed by atoms with Gasteiger partial charge in [0.05, 0.1) is 16.6 Å². The first kappa shape index (κ1) is 31.2. The molecular formula is C38H30F3N5O. The van der Waals surface area contributed by atoms with Crippen molar-refractivity contribution in [1.82, 2.24) is 14.6 Å². The zero-order valence-corrected chi connectivity index (χ0v) is 25.8. The molecule has 0 saturated heterocycles. The average Bonchev–Trinajstić information content (AvgIpc) is 3.47. The molecule has 0 aliphatic carbocycles. The predicted molar refractivity (Wildman–Crippen MR) is 176 cm³/mol. The lowest BCUT2D eigenvalue weighted by molar-refractivity contribution is 0.0964. The van der Waals surface area contributed by atoms with E-state index < -0.39 is 28.8 Å². The van der Waals surface area contributed by atoms with Gasteiger partial charge in [0, 0.05) is 41.2 Å². The van der Waals surface area contributed by atoms with Crippen LogP contribution in [0.1, 0.15) is 59.7 Å². The van der Waals surface area contributed by atoms with Gasteiger partial charge in [0.25, 0.3) is 0 Å². The third-order valence-corrected chi connectivity index (χ3v) is 8.37. The van der Waals surface area contributed by atoms with Crippen LogP contribution in [0.2, 0.25) is 0 Å². The highest BCUT2D eigenvalue weighted by atomic mass is 19.1. The van der Waals surface area contributed by atoms with E-state index in [-0.39, 0.29) is 17.9 Å². The summed E-state index contributed by atoms with van der Waals surface area (Å²) in [7, 11) is 0. The number of ketones is 1. The van der Waals surface area contributed by atoms with Crippen molar-refractivity contribution in [2.24, 2.45) is 0 Å². The number of nitrogens with zero attached hydrogens (tertiary/aromatic N) is 4. The Labute approximate surface area is 270 Å². The Morgan fingerprint density at radius 2 is 1.72 bits per heavy atom. The van der Waals surface area contributed by atoms with Crippen LogP contribution < -0.4 is 5.32 Å². The molecular weight excluding hydrogens is 599 g/mol. The molecule has 0 bridgehead atoms. The van der Waals surface area contributed by atoms with Crippen molar-refractivity contribution in [3.05, 3.63) is 137 Å². The maximum Gasteiger partial charge on any atom is 0.169 e. The Kier molecular flexibility index (Phi) is 8.85. The molecule has 3 heterocycles. The molecule has 6 aromatic rings. The van der Waals surface area contributed by atoms with E-state index in [1.807, 2.05) is 79.2 Å². The van der Waals surface area contributed by atoms with Crippen molar-refractivity contribution >= 4 is 22.8 Å². The van der Waals surface area contributed by atoms with Crippen molar-refractivity contribution in [3.8, 4) is 28.5 Å². The number of nitrogens with one attached hydrogen (secondary N) is 1. The quantitative estimate of drug-likeness (QED) is 0.153. The van der Waals surface area contributed by atoms with Gasteiger partial charge in [-0.05, 0) is 84.5 Å². The Hall–Kier alpha value is -5.75. The summed E-state index contributed by atoms with van der Waals surface area (Å²) in [5, 5.41) is 17.6. The molecule has 6 rings (SSSR count). The normalized spacial score (nSPS) is 11.7. The number of hydrogen-bond donors (Lipinski definition) is 1. The van der Waals surface area contributed by atoms with Gasteiger partial charge in [0.2, 0.25) is 0 Å². The van der Waals surface area contributed by atoms with Crippen LogP contribution >= 0.6 is 0 Å². The first-order valence-electron chi connectivity index (χ1n) is 15.3. The predicted octanol–water partition coefficient (Wildman–Crippen LogP) is 9.42. The third kappa shape index (κ3) is 6.10. The standard InChI is InChI=1S/C38H30F3N5O/c1-3-23(21-34(47)36-31(40)11-8-12-32(36)41)24-9-7-10-25(19-24)37-35(33-13-5-6-18-46(33)45-37)29-16-17-43-38(28(29)4-2)44-27-14-15-30(39)26(20-27)22-42/h5-20,23H,3-4,21H2,1-2H3,(H,43,44). The number of aromatic nitrogens is 3. The highest BCUT2D eigenvalue weighted by molar-refractivity contribution is 5.97. The molecule has 3 aromatic heterocycles. The molecule has 0 aliphatic rings. The third-order valence-electron chi connectivity index (χ3n) is 8.37. The molecule has 47 heavy (non-hydrogen) atoms. The second kappa shape index (κ2) is 13.3. The zero-order chi connectivity index (χ0) is 33.1. The van der Waals surface area contributed by atoms with Gasteiger partial charge < -0.3 is 5.32 Å². The zero-order valence-electron chi connectivity index (χ0n) is 25.8. The molecule has 0 amide bonds. The van der Waals surface area contributed by atoms with Gasteiger partial charge >= 0.3 is 0 Å². The molecule has 9 heteroatoms. The number of benzene rings is 3. The van der Waals surface area contributed by atoms with E-state index in [2.05, 4.69) is 10.3 Å². The first-order valence-corrected chi connectivity index (χ1v) is 15.3. The van der Waals surface area contributed by atoms with Crippen molar-refractivity contribution in [3.63, 3.8) is 0 Å². The van der Waals surface area contributed by atoms with Gasteiger partial charge in [-0.25, -0.2) is 22.7 Å². The van der Waals surface area contributed by atoms with Crippen LogP contribution in [0.15, 0.2) is 97.3 Å². The van der Waals surface area contributed by atoms with Crippen LogP contribution in [0.5, 0.6) is 0 Å². The number of carbonyl (C=O) groups excluding carboxylic acids is 1. The maximum atomic E-state index is 14.4. The van der Waals surface area contributed by atoms with Gasteiger partial charge in [-0.3, -0.25) is 4.79 Å². The van der Waals surface area contributed by atoms with E-state index in [4.69, 9.17) is 5.10 Å². The van der Waals surface area contributed by atoms with Gasteiger partial charge in [0.15, 0.2) is 5.78 Å². The van der Waals surface area contributed by atoms with Crippen molar-refractivity contribution in [2.45, 2.75) is 39.0 Å². The molecule has 1 unspecified atom stereocenters. The molecule has 0 fully saturated rings. The van der Waals surface area contributed by atoms with Gasteiger partial charge in [0.1, 0.15) is 35.0 Å². The molecule has 0 aliphatic heterocycles. The van der Waals surface area contributed by atoms with Gasteiger partial charge in [-0.1, -0.05) is 44.2 Å². The minimum absolute atomic E-state index is 0.0495. The van der Waals surface area contributed by atoms with Crippen molar-refractivity contribution in [1.29, 1.82) is 5.26 Å². The fraction of sp³-hybridized carbons (Fsp3) is 0.158. The van der Waals surface area contributed by atoms with Gasteiger partial charge in [-0.15, -0.1) is 0 Å². The lowest BCUT2D eigenvalue weighted by atomic mass is 9.87. The summed E-state index contributed by atoms with van der Waals surface area (Å²) < 4.78 is 44.6. The number of pyridine rings is 2. The topological polar surface area (TPSA) is 83.1 Å². The summed E-state index contributed by atoms with van der Waals surface area (Å²) in [5.74, 6) is -2.62. The number of rotatable bonds is 10. The molecule has 0 saturated carbocycles. The maximum absolute atomic E-state index is 14.4. The first-order chi connectivity index (χ1) is 22.8.